The minimum absolute atomic E-state index is 0.0677. The number of nitrogens with zero attached hydrogens (tertiary/aromatic N) is 2. The summed E-state index contributed by atoms with van der Waals surface area (Å²) in [5, 5.41) is 21.4. The molecule has 0 aliphatic carbocycles. The molecule has 0 saturated carbocycles. The van der Waals surface area contributed by atoms with E-state index < -0.39 is 5.97 Å². The van der Waals surface area contributed by atoms with Crippen LogP contribution in [-0.2, 0) is 11.2 Å². The van der Waals surface area contributed by atoms with Crippen molar-refractivity contribution in [3.63, 3.8) is 0 Å². The van der Waals surface area contributed by atoms with Gasteiger partial charge in [0.05, 0.1) is 5.56 Å². The van der Waals surface area contributed by atoms with Gasteiger partial charge in [-0.05, 0) is 37.5 Å². The molecule has 0 aliphatic rings. The number of carboxylic acids is 1. The van der Waals surface area contributed by atoms with Crippen molar-refractivity contribution < 1.29 is 9.90 Å². The minimum atomic E-state index is -0.831. The predicted molar refractivity (Wildman–Crippen MR) is 88.1 cm³/mol. The van der Waals surface area contributed by atoms with Gasteiger partial charge >= 0.3 is 5.97 Å². The van der Waals surface area contributed by atoms with Crippen LogP contribution in [0, 0.1) is 18.3 Å². The van der Waals surface area contributed by atoms with E-state index in [1.54, 1.807) is 12.1 Å². The zero-order chi connectivity index (χ0) is 16.7. The van der Waals surface area contributed by atoms with E-state index in [0.717, 1.165) is 11.3 Å². The zero-order valence-electron chi connectivity index (χ0n) is 13.0. The SMILES string of the molecule is Cc1ccc(C#N)c(NC(CCC(=O)O)Cc2ccccc2)n1. The molecule has 2 rings (SSSR count). The van der Waals surface area contributed by atoms with Gasteiger partial charge in [-0.2, -0.15) is 5.26 Å². The van der Waals surface area contributed by atoms with Gasteiger partial charge in [0.1, 0.15) is 11.9 Å². The molecule has 1 unspecified atom stereocenters. The van der Waals surface area contributed by atoms with Crippen LogP contribution in [0.2, 0.25) is 0 Å². The number of benzene rings is 1. The highest BCUT2D eigenvalue weighted by Gasteiger charge is 2.14. The number of nitriles is 1. The standard InChI is InChI=1S/C18H19N3O2/c1-13-7-8-15(12-19)18(20-13)21-16(9-10-17(22)23)11-14-5-3-2-4-6-14/h2-8,16H,9-11H2,1H3,(H,20,21)(H,22,23). The van der Waals surface area contributed by atoms with E-state index in [2.05, 4.69) is 16.4 Å². The molecular weight excluding hydrogens is 290 g/mol. The summed E-state index contributed by atoms with van der Waals surface area (Å²) in [7, 11) is 0. The second-order valence-corrected chi connectivity index (χ2v) is 5.42. The van der Waals surface area contributed by atoms with Crippen molar-refractivity contribution in [2.75, 3.05) is 5.32 Å². The summed E-state index contributed by atoms with van der Waals surface area (Å²) < 4.78 is 0. The number of nitrogens with one attached hydrogen (secondary N) is 1. The van der Waals surface area contributed by atoms with E-state index in [9.17, 15) is 10.1 Å². The lowest BCUT2D eigenvalue weighted by Gasteiger charge is -2.20. The molecule has 0 saturated heterocycles. The van der Waals surface area contributed by atoms with E-state index in [-0.39, 0.29) is 12.5 Å². The second kappa shape index (κ2) is 7.95. The normalized spacial score (nSPS) is 11.5. The van der Waals surface area contributed by atoms with Crippen LogP contribution >= 0.6 is 0 Å². The molecule has 0 aliphatic heterocycles. The largest absolute Gasteiger partial charge is 0.481 e. The highest BCUT2D eigenvalue weighted by Crippen LogP contribution is 2.17. The first kappa shape index (κ1) is 16.5. The van der Waals surface area contributed by atoms with E-state index in [1.807, 2.05) is 37.3 Å². The molecule has 0 bridgehead atoms. The third-order valence-corrected chi connectivity index (χ3v) is 3.53. The fourth-order valence-corrected chi connectivity index (χ4v) is 2.37. The molecule has 118 valence electrons. The maximum Gasteiger partial charge on any atom is 0.303 e. The number of aliphatic carboxylic acids is 1. The summed E-state index contributed by atoms with van der Waals surface area (Å²) in [6, 6.07) is 15.4. The zero-order valence-corrected chi connectivity index (χ0v) is 13.0. The molecule has 1 aromatic carbocycles. The van der Waals surface area contributed by atoms with Crippen LogP contribution in [0.5, 0.6) is 0 Å². The molecule has 0 spiro atoms. The molecule has 0 fully saturated rings. The van der Waals surface area contributed by atoms with Gasteiger partial charge in [0, 0.05) is 18.2 Å². The van der Waals surface area contributed by atoms with Gasteiger partial charge in [-0.3, -0.25) is 4.79 Å². The van der Waals surface area contributed by atoms with Gasteiger partial charge < -0.3 is 10.4 Å². The van der Waals surface area contributed by atoms with E-state index >= 15 is 0 Å². The number of carbonyl (C=O) groups is 1. The Balaban J connectivity index is 2.18. The minimum Gasteiger partial charge on any atom is -0.481 e. The van der Waals surface area contributed by atoms with Crippen LogP contribution in [0.1, 0.15) is 29.7 Å². The quantitative estimate of drug-likeness (QED) is 0.820. The number of aromatic nitrogens is 1. The van der Waals surface area contributed by atoms with Gasteiger partial charge in [0.25, 0.3) is 0 Å². The van der Waals surface area contributed by atoms with Crippen LogP contribution < -0.4 is 5.32 Å². The Morgan fingerprint density at radius 3 is 2.70 bits per heavy atom. The van der Waals surface area contributed by atoms with E-state index in [0.29, 0.717) is 24.2 Å². The summed E-state index contributed by atoms with van der Waals surface area (Å²) in [6.45, 7) is 1.86. The first-order chi connectivity index (χ1) is 11.1. The third kappa shape index (κ3) is 5.11. The highest BCUT2D eigenvalue weighted by atomic mass is 16.4. The summed E-state index contributed by atoms with van der Waals surface area (Å²) in [5.74, 6) is -0.318. The van der Waals surface area contributed by atoms with Crippen LogP contribution in [0.25, 0.3) is 0 Å². The molecule has 5 heteroatoms. The van der Waals surface area contributed by atoms with Crippen molar-refractivity contribution in [2.45, 2.75) is 32.2 Å². The van der Waals surface area contributed by atoms with Crippen molar-refractivity contribution in [1.29, 1.82) is 5.26 Å². The smallest absolute Gasteiger partial charge is 0.303 e. The van der Waals surface area contributed by atoms with E-state index in [1.165, 1.54) is 0 Å². The number of pyridine rings is 1. The van der Waals surface area contributed by atoms with Crippen molar-refractivity contribution in [2.24, 2.45) is 0 Å². The second-order valence-electron chi connectivity index (χ2n) is 5.42. The molecule has 1 atom stereocenters. The van der Waals surface area contributed by atoms with Crippen molar-refractivity contribution >= 4 is 11.8 Å². The fraction of sp³-hybridized carbons (Fsp3) is 0.278. The van der Waals surface area contributed by atoms with Crippen LogP contribution in [0.3, 0.4) is 0 Å². The third-order valence-electron chi connectivity index (χ3n) is 3.53. The number of hydrogen-bond donors (Lipinski definition) is 2. The molecule has 2 aromatic rings. The van der Waals surface area contributed by atoms with Gasteiger partial charge in [-0.1, -0.05) is 30.3 Å². The summed E-state index contributed by atoms with van der Waals surface area (Å²) in [4.78, 5) is 15.3. The van der Waals surface area contributed by atoms with Gasteiger partial charge in [-0.15, -0.1) is 0 Å². The van der Waals surface area contributed by atoms with Crippen LogP contribution in [0.15, 0.2) is 42.5 Å². The predicted octanol–water partition coefficient (Wildman–Crippen LogP) is 3.15. The van der Waals surface area contributed by atoms with Crippen LogP contribution in [-0.4, -0.2) is 22.1 Å². The van der Waals surface area contributed by atoms with Crippen LogP contribution in [0.4, 0.5) is 5.82 Å². The molecule has 0 amide bonds. The first-order valence-corrected chi connectivity index (χ1v) is 7.48. The molecule has 23 heavy (non-hydrogen) atoms. The first-order valence-electron chi connectivity index (χ1n) is 7.48. The van der Waals surface area contributed by atoms with Crippen molar-refractivity contribution in [1.82, 2.24) is 4.98 Å². The molecular formula is C18H19N3O2. The number of anilines is 1. The Hall–Kier alpha value is -2.87. The lowest BCUT2D eigenvalue weighted by molar-refractivity contribution is -0.137. The Bertz CT molecular complexity index is 708. The van der Waals surface area contributed by atoms with Gasteiger partial charge in [-0.25, -0.2) is 4.98 Å². The van der Waals surface area contributed by atoms with Crippen molar-refractivity contribution in [3.8, 4) is 6.07 Å². The maximum absolute atomic E-state index is 10.9. The number of hydrogen-bond acceptors (Lipinski definition) is 4. The average molecular weight is 309 g/mol. The monoisotopic (exact) mass is 309 g/mol. The van der Waals surface area contributed by atoms with Crippen molar-refractivity contribution in [3.05, 3.63) is 59.3 Å². The summed E-state index contributed by atoms with van der Waals surface area (Å²) in [6.07, 6.45) is 1.21. The molecule has 1 heterocycles. The Morgan fingerprint density at radius 1 is 1.30 bits per heavy atom. The topological polar surface area (TPSA) is 86.0 Å². The van der Waals surface area contributed by atoms with E-state index in [4.69, 9.17) is 5.11 Å². The maximum atomic E-state index is 10.9. The number of carboxylic acid groups (broad SMARTS) is 1. The average Bonchev–Trinajstić information content (AvgIpc) is 2.54. The Morgan fingerprint density at radius 2 is 2.04 bits per heavy atom. The van der Waals surface area contributed by atoms with Gasteiger partial charge in [0.15, 0.2) is 0 Å². The Kier molecular flexibility index (Phi) is 5.70. The molecule has 1 aromatic heterocycles. The number of aryl methyl sites for hydroxylation is 1. The molecule has 0 radical (unpaired) electrons. The molecule has 2 N–H and O–H groups in total. The summed E-state index contributed by atoms with van der Waals surface area (Å²) >= 11 is 0. The summed E-state index contributed by atoms with van der Waals surface area (Å²) in [5.41, 5.74) is 2.38. The lowest BCUT2D eigenvalue weighted by atomic mass is 10.0. The number of rotatable bonds is 7. The highest BCUT2D eigenvalue weighted by molar-refractivity contribution is 5.66. The molecule has 5 nitrogen and oxygen atoms in total. The van der Waals surface area contributed by atoms with Gasteiger partial charge in [0.2, 0.25) is 0 Å². The fourth-order valence-electron chi connectivity index (χ4n) is 2.37. The Labute approximate surface area is 135 Å². The lowest BCUT2D eigenvalue weighted by Crippen LogP contribution is -2.24.